The van der Waals surface area contributed by atoms with Crippen LogP contribution in [0.1, 0.15) is 97.8 Å². The standard InChI is InChI=1S/C17H37N3.C3H6O3/c1-3-5-7-9-11-13-15-20(17(18)19)16-14-12-10-8-6-4-2;1-2(4)3(5)6/h3-16H2,1-2H3,(H3,18,19);2,4H,1H3,(H,5,6). The summed E-state index contributed by atoms with van der Waals surface area (Å²) in [6, 6.07) is 0. The van der Waals surface area contributed by atoms with E-state index in [0.29, 0.717) is 0 Å². The maximum absolute atomic E-state index is 9.45. The number of aliphatic hydroxyl groups excluding tert-OH is 1. The van der Waals surface area contributed by atoms with Crippen LogP contribution in [-0.4, -0.2) is 46.2 Å². The minimum absolute atomic E-state index is 0.257. The van der Waals surface area contributed by atoms with Crippen molar-refractivity contribution < 1.29 is 15.0 Å². The number of guanidine groups is 1. The molecule has 0 aliphatic heterocycles. The molecule has 1 atom stereocenters. The summed E-state index contributed by atoms with van der Waals surface area (Å²) < 4.78 is 0. The van der Waals surface area contributed by atoms with Crippen molar-refractivity contribution in [1.29, 1.82) is 5.41 Å². The van der Waals surface area contributed by atoms with Gasteiger partial charge in [0.2, 0.25) is 0 Å². The Kier molecular flexibility index (Phi) is 20.7. The predicted molar refractivity (Wildman–Crippen MR) is 110 cm³/mol. The van der Waals surface area contributed by atoms with Crippen molar-refractivity contribution in [3.05, 3.63) is 0 Å². The summed E-state index contributed by atoms with van der Waals surface area (Å²) in [6.07, 6.45) is 14.4. The molecule has 26 heavy (non-hydrogen) atoms. The van der Waals surface area contributed by atoms with Gasteiger partial charge in [-0.25, -0.2) is 4.79 Å². The zero-order chi connectivity index (χ0) is 20.2. The molecule has 6 heteroatoms. The van der Waals surface area contributed by atoms with Crippen molar-refractivity contribution >= 4 is 11.9 Å². The van der Waals surface area contributed by atoms with Crippen LogP contribution in [0.4, 0.5) is 0 Å². The van der Waals surface area contributed by atoms with E-state index in [0.717, 1.165) is 13.1 Å². The largest absolute Gasteiger partial charge is 0.479 e. The van der Waals surface area contributed by atoms with E-state index in [1.165, 1.54) is 84.0 Å². The number of nitrogens with one attached hydrogen (secondary N) is 1. The van der Waals surface area contributed by atoms with Gasteiger partial charge in [-0.2, -0.15) is 0 Å². The van der Waals surface area contributed by atoms with E-state index >= 15 is 0 Å². The molecule has 0 bridgehead atoms. The lowest BCUT2D eigenvalue weighted by molar-refractivity contribution is -0.145. The molecule has 0 radical (unpaired) electrons. The average molecular weight is 374 g/mol. The Balaban J connectivity index is 0. The fourth-order valence-electron chi connectivity index (χ4n) is 2.52. The number of carboxylic acids is 1. The van der Waals surface area contributed by atoms with E-state index in [-0.39, 0.29) is 5.96 Å². The summed E-state index contributed by atoms with van der Waals surface area (Å²) in [5.74, 6) is -0.929. The van der Waals surface area contributed by atoms with Crippen molar-refractivity contribution in [2.45, 2.75) is 104 Å². The second kappa shape index (κ2) is 20.0. The van der Waals surface area contributed by atoms with Gasteiger partial charge in [0.25, 0.3) is 0 Å². The van der Waals surface area contributed by atoms with Gasteiger partial charge < -0.3 is 20.8 Å². The Labute approximate surface area is 160 Å². The zero-order valence-corrected chi connectivity index (χ0v) is 17.3. The normalized spacial score (nSPS) is 11.4. The van der Waals surface area contributed by atoms with Gasteiger partial charge in [-0.05, 0) is 19.8 Å². The molecule has 0 aromatic heterocycles. The lowest BCUT2D eigenvalue weighted by Gasteiger charge is -2.22. The van der Waals surface area contributed by atoms with Crippen LogP contribution in [0.3, 0.4) is 0 Å². The summed E-state index contributed by atoms with van der Waals surface area (Å²) in [6.45, 7) is 7.63. The van der Waals surface area contributed by atoms with Crippen molar-refractivity contribution in [3.63, 3.8) is 0 Å². The number of hydrogen-bond acceptors (Lipinski definition) is 3. The molecule has 0 amide bonds. The van der Waals surface area contributed by atoms with Gasteiger partial charge in [0.1, 0.15) is 6.10 Å². The number of carboxylic acid groups (broad SMARTS) is 1. The maximum atomic E-state index is 9.45. The highest BCUT2D eigenvalue weighted by atomic mass is 16.4. The van der Waals surface area contributed by atoms with Gasteiger partial charge in [0.05, 0.1) is 0 Å². The van der Waals surface area contributed by atoms with Crippen LogP contribution in [0, 0.1) is 5.41 Å². The third kappa shape index (κ3) is 20.7. The first kappa shape index (κ1) is 26.9. The Bertz CT molecular complexity index is 320. The van der Waals surface area contributed by atoms with E-state index < -0.39 is 12.1 Å². The zero-order valence-electron chi connectivity index (χ0n) is 17.3. The fourth-order valence-corrected chi connectivity index (χ4v) is 2.52. The van der Waals surface area contributed by atoms with Crippen molar-refractivity contribution in [2.75, 3.05) is 13.1 Å². The SMILES string of the molecule is CC(O)C(=O)O.CCCCCCCCN(CCCCCCCC)C(=N)N. The van der Waals surface area contributed by atoms with Crippen molar-refractivity contribution in [3.8, 4) is 0 Å². The van der Waals surface area contributed by atoms with Gasteiger partial charge in [-0.3, -0.25) is 5.41 Å². The number of hydrogen-bond donors (Lipinski definition) is 4. The molecule has 0 fully saturated rings. The van der Waals surface area contributed by atoms with Gasteiger partial charge in [0.15, 0.2) is 5.96 Å². The quantitative estimate of drug-likeness (QED) is 0.194. The number of carbonyl (C=O) groups is 1. The summed E-state index contributed by atoms with van der Waals surface area (Å²) >= 11 is 0. The number of rotatable bonds is 15. The molecule has 0 aliphatic rings. The molecule has 0 aromatic rings. The van der Waals surface area contributed by atoms with Crippen LogP contribution >= 0.6 is 0 Å². The minimum Gasteiger partial charge on any atom is -0.479 e. The first-order valence-corrected chi connectivity index (χ1v) is 10.4. The molecule has 0 aromatic carbocycles. The molecule has 6 nitrogen and oxygen atoms in total. The van der Waals surface area contributed by atoms with Crippen LogP contribution in [0.2, 0.25) is 0 Å². The van der Waals surface area contributed by atoms with Crippen LogP contribution in [-0.2, 0) is 4.79 Å². The number of aliphatic hydroxyl groups is 1. The molecular weight excluding hydrogens is 330 g/mol. The molecule has 0 rings (SSSR count). The van der Waals surface area contributed by atoms with E-state index in [2.05, 4.69) is 18.7 Å². The fraction of sp³-hybridized carbons (Fsp3) is 0.900. The Morgan fingerprint density at radius 3 is 1.46 bits per heavy atom. The van der Waals surface area contributed by atoms with Crippen LogP contribution in [0.15, 0.2) is 0 Å². The smallest absolute Gasteiger partial charge is 0.332 e. The molecule has 1 unspecified atom stereocenters. The molecule has 0 saturated carbocycles. The Morgan fingerprint density at radius 2 is 1.19 bits per heavy atom. The van der Waals surface area contributed by atoms with Gasteiger partial charge in [0, 0.05) is 13.1 Å². The highest BCUT2D eigenvalue weighted by Gasteiger charge is 2.05. The van der Waals surface area contributed by atoms with Gasteiger partial charge in [-0.15, -0.1) is 0 Å². The third-order valence-electron chi connectivity index (χ3n) is 4.26. The van der Waals surface area contributed by atoms with Gasteiger partial charge >= 0.3 is 5.97 Å². The van der Waals surface area contributed by atoms with Crippen LogP contribution < -0.4 is 5.73 Å². The second-order valence-corrected chi connectivity index (χ2v) is 6.92. The monoisotopic (exact) mass is 373 g/mol. The van der Waals surface area contributed by atoms with E-state index in [4.69, 9.17) is 21.4 Å². The summed E-state index contributed by atoms with van der Waals surface area (Å²) in [5, 5.41) is 23.4. The summed E-state index contributed by atoms with van der Waals surface area (Å²) in [4.78, 5) is 11.5. The molecule has 0 aliphatic carbocycles. The highest BCUT2D eigenvalue weighted by Crippen LogP contribution is 2.08. The van der Waals surface area contributed by atoms with E-state index in [1.807, 2.05) is 0 Å². The third-order valence-corrected chi connectivity index (χ3v) is 4.26. The molecule has 156 valence electrons. The van der Waals surface area contributed by atoms with E-state index in [1.54, 1.807) is 0 Å². The lowest BCUT2D eigenvalue weighted by atomic mass is 10.1. The number of unbranched alkanes of at least 4 members (excludes halogenated alkanes) is 10. The summed E-state index contributed by atoms with van der Waals surface area (Å²) in [7, 11) is 0. The number of nitrogens with two attached hydrogens (primary N) is 1. The summed E-state index contributed by atoms with van der Waals surface area (Å²) in [5.41, 5.74) is 5.67. The maximum Gasteiger partial charge on any atom is 0.332 e. The van der Waals surface area contributed by atoms with Crippen molar-refractivity contribution in [1.82, 2.24) is 4.90 Å². The molecule has 0 saturated heterocycles. The number of aliphatic carboxylic acids is 1. The van der Waals surface area contributed by atoms with E-state index in [9.17, 15) is 4.79 Å². The van der Waals surface area contributed by atoms with Crippen LogP contribution in [0.5, 0.6) is 0 Å². The molecule has 5 N–H and O–H groups in total. The highest BCUT2D eigenvalue weighted by molar-refractivity contribution is 5.74. The average Bonchev–Trinajstić information content (AvgIpc) is 2.59. The first-order chi connectivity index (χ1) is 12.4. The number of nitrogens with zero attached hydrogens (tertiary/aromatic N) is 1. The molecule has 0 heterocycles. The predicted octanol–water partition coefficient (Wildman–Crippen LogP) is 4.35. The van der Waals surface area contributed by atoms with Crippen LogP contribution in [0.25, 0.3) is 0 Å². The molecule has 0 spiro atoms. The van der Waals surface area contributed by atoms with Gasteiger partial charge in [-0.1, -0.05) is 78.1 Å². The minimum atomic E-state index is -1.23. The molecular formula is C20H43N3O3. The Hall–Kier alpha value is -1.30. The van der Waals surface area contributed by atoms with Crippen molar-refractivity contribution in [2.24, 2.45) is 5.73 Å². The Morgan fingerprint density at radius 1 is 0.885 bits per heavy atom. The first-order valence-electron chi connectivity index (χ1n) is 10.4. The lowest BCUT2D eigenvalue weighted by Crippen LogP contribution is -2.37. The topological polar surface area (TPSA) is 111 Å². The second-order valence-electron chi connectivity index (χ2n) is 6.92.